The maximum Gasteiger partial charge on any atom is 0.252 e. The molecule has 1 amide bonds. The second kappa shape index (κ2) is 10.9. The van der Waals surface area contributed by atoms with Crippen molar-refractivity contribution < 1.29 is 13.2 Å². The van der Waals surface area contributed by atoms with Crippen LogP contribution in [0.3, 0.4) is 0 Å². The van der Waals surface area contributed by atoms with E-state index in [0.717, 1.165) is 38.5 Å². The molecule has 3 aromatic heterocycles. The van der Waals surface area contributed by atoms with Crippen LogP contribution in [0, 0.1) is 26.7 Å². The number of amides is 1. The fraction of sp³-hybridized carbons (Fsp3) is 0.400. The predicted octanol–water partition coefficient (Wildman–Crippen LogP) is 5.92. The third kappa shape index (κ3) is 5.50. The van der Waals surface area contributed by atoms with Crippen LogP contribution in [-0.2, 0) is 21.4 Å². The summed E-state index contributed by atoms with van der Waals surface area (Å²) in [6, 6.07) is 8.86. The van der Waals surface area contributed by atoms with Gasteiger partial charge in [-0.2, -0.15) is 9.40 Å². The topological polar surface area (TPSA) is 88.4 Å². The van der Waals surface area contributed by atoms with Crippen LogP contribution in [0.2, 0.25) is 9.36 Å². The molecular weight excluding hydrogens is 585 g/mol. The lowest BCUT2D eigenvalue weighted by atomic mass is 9.96. The summed E-state index contributed by atoms with van der Waals surface area (Å²) < 4.78 is 31.0. The Kier molecular flexibility index (Phi) is 7.87. The van der Waals surface area contributed by atoms with Gasteiger partial charge in [0.25, 0.3) is 10.0 Å². The van der Waals surface area contributed by atoms with E-state index in [1.807, 2.05) is 43.7 Å². The van der Waals surface area contributed by atoms with E-state index >= 15 is 0 Å². The summed E-state index contributed by atoms with van der Waals surface area (Å²) in [5.41, 5.74) is 3.72. The van der Waals surface area contributed by atoms with Gasteiger partial charge >= 0.3 is 0 Å². The number of halogens is 2. The van der Waals surface area contributed by atoms with Gasteiger partial charge in [0.05, 0.1) is 26.8 Å². The molecule has 4 aromatic rings. The minimum atomic E-state index is -3.63. The zero-order chi connectivity index (χ0) is 27.2. The number of carbonyl (C=O) groups excluding carboxylic acids is 1. The fourth-order valence-corrected chi connectivity index (χ4v) is 9.34. The molecule has 5 rings (SSSR count). The maximum absolute atomic E-state index is 13.9. The summed E-state index contributed by atoms with van der Waals surface area (Å²) in [7, 11) is -3.63. The van der Waals surface area contributed by atoms with Gasteiger partial charge in [0.1, 0.15) is 4.21 Å². The van der Waals surface area contributed by atoms with Gasteiger partial charge in [0, 0.05) is 36.3 Å². The molecule has 38 heavy (non-hydrogen) atoms. The van der Waals surface area contributed by atoms with Crippen molar-refractivity contribution in [1.29, 1.82) is 0 Å². The standard InChI is InChI=1S/C25H27Cl2N5O3S3/c1-15-12-19(26)14-20-23(15)28-25(36-20)31(10-11-32-17(3)13-16(2)29-32)24(33)18-6-8-30(9-7-18)38(34,35)22-5-4-21(27)37-22/h4-5,12-14,18H,6-11H2,1-3H3. The number of aryl methyl sites for hydroxylation is 3. The van der Waals surface area contributed by atoms with Crippen LogP contribution in [0.5, 0.6) is 0 Å². The molecule has 4 heterocycles. The number of aromatic nitrogens is 3. The smallest absolute Gasteiger partial charge is 0.252 e. The van der Waals surface area contributed by atoms with Crippen LogP contribution >= 0.6 is 45.9 Å². The summed E-state index contributed by atoms with van der Waals surface area (Å²) in [4.78, 5) is 20.5. The monoisotopic (exact) mass is 611 g/mol. The maximum atomic E-state index is 13.9. The van der Waals surface area contributed by atoms with E-state index in [1.165, 1.54) is 21.7 Å². The van der Waals surface area contributed by atoms with Crippen molar-refractivity contribution in [2.75, 3.05) is 24.5 Å². The molecule has 0 aliphatic carbocycles. The van der Waals surface area contributed by atoms with Crippen molar-refractivity contribution in [2.45, 2.75) is 44.4 Å². The SMILES string of the molecule is Cc1cc(C)n(CCN(C(=O)C2CCN(S(=O)(=O)c3ccc(Cl)s3)CC2)c2nc3c(C)cc(Cl)cc3s2)n1. The molecular formula is C25H27Cl2N5O3S3. The van der Waals surface area contributed by atoms with Gasteiger partial charge in [-0.15, -0.1) is 11.3 Å². The van der Waals surface area contributed by atoms with Crippen LogP contribution in [-0.4, -0.2) is 53.0 Å². The average Bonchev–Trinajstić information content (AvgIpc) is 3.58. The number of carbonyl (C=O) groups is 1. The first-order valence-electron chi connectivity index (χ1n) is 12.2. The number of fused-ring (bicyclic) bond motifs is 1. The first kappa shape index (κ1) is 27.5. The van der Waals surface area contributed by atoms with E-state index in [4.69, 9.17) is 28.2 Å². The summed E-state index contributed by atoms with van der Waals surface area (Å²) in [5, 5.41) is 5.79. The number of nitrogens with zero attached hydrogens (tertiary/aromatic N) is 5. The van der Waals surface area contributed by atoms with Gasteiger partial charge in [0.2, 0.25) is 5.91 Å². The average molecular weight is 613 g/mol. The Hall–Kier alpha value is -2.02. The minimum Gasteiger partial charge on any atom is -0.286 e. The highest BCUT2D eigenvalue weighted by Crippen LogP contribution is 2.35. The van der Waals surface area contributed by atoms with Crippen molar-refractivity contribution >= 4 is 77.2 Å². The normalized spacial score (nSPS) is 15.4. The summed E-state index contributed by atoms with van der Waals surface area (Å²) >= 11 is 14.7. The van der Waals surface area contributed by atoms with Crippen LogP contribution < -0.4 is 4.90 Å². The van der Waals surface area contributed by atoms with Crippen LogP contribution in [0.1, 0.15) is 29.8 Å². The zero-order valence-electron chi connectivity index (χ0n) is 21.1. The van der Waals surface area contributed by atoms with E-state index < -0.39 is 10.0 Å². The molecule has 1 fully saturated rings. The van der Waals surface area contributed by atoms with Crippen LogP contribution in [0.15, 0.2) is 34.5 Å². The Labute approximate surface area is 239 Å². The number of thiazole rings is 1. The molecule has 0 radical (unpaired) electrons. The number of anilines is 1. The van der Waals surface area contributed by atoms with Crippen molar-refractivity contribution in [1.82, 2.24) is 19.1 Å². The van der Waals surface area contributed by atoms with E-state index in [1.54, 1.807) is 11.0 Å². The third-order valence-corrected chi connectivity index (χ3v) is 11.6. The molecule has 0 saturated carbocycles. The lowest BCUT2D eigenvalue weighted by Gasteiger charge is -2.32. The molecule has 8 nitrogen and oxygen atoms in total. The minimum absolute atomic E-state index is 0.0504. The number of piperidine rings is 1. The first-order chi connectivity index (χ1) is 18.0. The van der Waals surface area contributed by atoms with Gasteiger partial charge < -0.3 is 0 Å². The summed E-state index contributed by atoms with van der Waals surface area (Å²) in [5.74, 6) is -0.365. The molecule has 1 aromatic carbocycles. The Balaban J connectivity index is 1.38. The molecule has 0 bridgehead atoms. The lowest BCUT2D eigenvalue weighted by Crippen LogP contribution is -2.45. The van der Waals surface area contributed by atoms with Crippen molar-refractivity contribution in [3.8, 4) is 0 Å². The van der Waals surface area contributed by atoms with Gasteiger partial charge in [-0.25, -0.2) is 13.4 Å². The Morgan fingerprint density at radius 3 is 2.47 bits per heavy atom. The lowest BCUT2D eigenvalue weighted by molar-refractivity contribution is -0.123. The van der Waals surface area contributed by atoms with Crippen molar-refractivity contribution in [3.05, 3.63) is 56.6 Å². The third-order valence-electron chi connectivity index (χ3n) is 6.72. The van der Waals surface area contributed by atoms with Gasteiger partial charge in [-0.05, 0) is 69.5 Å². The molecule has 1 aliphatic heterocycles. The Morgan fingerprint density at radius 1 is 1.11 bits per heavy atom. The van der Waals surface area contributed by atoms with E-state index in [0.29, 0.717) is 40.4 Å². The van der Waals surface area contributed by atoms with Crippen LogP contribution in [0.4, 0.5) is 5.13 Å². The molecule has 202 valence electrons. The van der Waals surface area contributed by atoms with E-state index in [9.17, 15) is 13.2 Å². The highest BCUT2D eigenvalue weighted by atomic mass is 35.5. The highest BCUT2D eigenvalue weighted by molar-refractivity contribution is 7.91. The number of rotatable bonds is 7. The van der Waals surface area contributed by atoms with Gasteiger partial charge in [-0.1, -0.05) is 34.5 Å². The molecule has 1 aliphatic rings. The first-order valence-corrected chi connectivity index (χ1v) is 16.0. The summed E-state index contributed by atoms with van der Waals surface area (Å²) in [6.45, 7) is 7.36. The van der Waals surface area contributed by atoms with Crippen molar-refractivity contribution in [3.63, 3.8) is 0 Å². The molecule has 0 spiro atoms. The Bertz CT molecular complexity index is 1600. The molecule has 13 heteroatoms. The molecule has 0 atom stereocenters. The van der Waals surface area contributed by atoms with Crippen molar-refractivity contribution in [2.24, 2.45) is 5.92 Å². The van der Waals surface area contributed by atoms with Crippen LogP contribution in [0.25, 0.3) is 10.2 Å². The number of hydrogen-bond donors (Lipinski definition) is 0. The number of sulfonamides is 1. The zero-order valence-corrected chi connectivity index (χ0v) is 25.1. The largest absolute Gasteiger partial charge is 0.286 e. The van der Waals surface area contributed by atoms with Gasteiger partial charge in [0.15, 0.2) is 5.13 Å². The van der Waals surface area contributed by atoms with Gasteiger partial charge in [-0.3, -0.25) is 14.4 Å². The number of thiophene rings is 1. The van der Waals surface area contributed by atoms with E-state index in [-0.39, 0.29) is 29.1 Å². The number of benzene rings is 1. The second-order valence-electron chi connectivity index (χ2n) is 9.44. The molecule has 0 N–H and O–H groups in total. The molecule has 1 saturated heterocycles. The quantitative estimate of drug-likeness (QED) is 0.259. The molecule has 0 unspecified atom stereocenters. The highest BCUT2D eigenvalue weighted by Gasteiger charge is 2.35. The fourth-order valence-electron chi connectivity index (χ4n) is 4.78. The summed E-state index contributed by atoms with van der Waals surface area (Å²) in [6.07, 6.45) is 0.868. The second-order valence-corrected chi connectivity index (χ2v) is 14.8. The predicted molar refractivity (Wildman–Crippen MR) is 154 cm³/mol. The number of hydrogen-bond acceptors (Lipinski definition) is 7. The Morgan fingerprint density at radius 2 is 1.84 bits per heavy atom. The van der Waals surface area contributed by atoms with E-state index in [2.05, 4.69) is 5.10 Å².